The van der Waals surface area contributed by atoms with Crippen LogP contribution in [0.5, 0.6) is 11.5 Å². The summed E-state index contributed by atoms with van der Waals surface area (Å²) in [4.78, 5) is 27.9. The zero-order valence-electron chi connectivity index (χ0n) is 20.3. The van der Waals surface area contributed by atoms with Crippen molar-refractivity contribution in [1.29, 1.82) is 0 Å². The first-order valence-corrected chi connectivity index (χ1v) is 12.2. The predicted molar refractivity (Wildman–Crippen MR) is 139 cm³/mol. The van der Waals surface area contributed by atoms with Gasteiger partial charge in [-0.25, -0.2) is 4.39 Å². The molecule has 1 unspecified atom stereocenters. The number of carbonyl (C=O) groups is 2. The molecule has 2 aliphatic rings. The third-order valence-corrected chi connectivity index (χ3v) is 6.64. The fourth-order valence-corrected chi connectivity index (χ4v) is 4.72. The molecule has 8 heteroatoms. The summed E-state index contributed by atoms with van der Waals surface area (Å²) in [6, 6.07) is 26.3. The number of hydrogen-bond acceptors (Lipinski definition) is 5. The van der Waals surface area contributed by atoms with Gasteiger partial charge in [0.15, 0.2) is 11.5 Å². The number of amides is 2. The van der Waals surface area contributed by atoms with Gasteiger partial charge in [-0.3, -0.25) is 9.59 Å². The molecule has 0 bridgehead atoms. The average molecular weight is 510 g/mol. The van der Waals surface area contributed by atoms with Crippen LogP contribution in [-0.4, -0.2) is 23.5 Å². The van der Waals surface area contributed by atoms with Crippen molar-refractivity contribution in [3.63, 3.8) is 0 Å². The van der Waals surface area contributed by atoms with Gasteiger partial charge in [0.1, 0.15) is 12.0 Å². The van der Waals surface area contributed by atoms with Gasteiger partial charge in [0, 0.05) is 35.5 Å². The lowest BCUT2D eigenvalue weighted by Crippen LogP contribution is -2.32. The Labute approximate surface area is 218 Å². The van der Waals surface area contributed by atoms with E-state index >= 15 is 0 Å². The van der Waals surface area contributed by atoms with Crippen LogP contribution < -0.4 is 20.1 Å². The van der Waals surface area contributed by atoms with E-state index < -0.39 is 6.17 Å². The van der Waals surface area contributed by atoms with Gasteiger partial charge in [0.2, 0.25) is 6.79 Å². The monoisotopic (exact) mass is 509 g/mol. The molecule has 0 saturated heterocycles. The van der Waals surface area contributed by atoms with Crippen molar-refractivity contribution in [2.24, 2.45) is 0 Å². The molecule has 2 amide bonds. The van der Waals surface area contributed by atoms with E-state index in [1.165, 1.54) is 12.1 Å². The minimum absolute atomic E-state index is 0.111. The molecule has 2 heterocycles. The Balaban J connectivity index is 1.19. The zero-order valence-corrected chi connectivity index (χ0v) is 20.3. The van der Waals surface area contributed by atoms with E-state index in [0.717, 1.165) is 16.7 Å². The van der Waals surface area contributed by atoms with Crippen molar-refractivity contribution in [3.05, 3.63) is 125 Å². The van der Waals surface area contributed by atoms with Crippen LogP contribution in [0.15, 0.2) is 91.0 Å². The first-order chi connectivity index (χ1) is 18.5. The summed E-state index contributed by atoms with van der Waals surface area (Å²) in [5, 5.41) is 6.36. The minimum atomic E-state index is -0.448. The summed E-state index contributed by atoms with van der Waals surface area (Å²) < 4.78 is 24.2. The molecule has 0 aliphatic carbocycles. The van der Waals surface area contributed by atoms with Crippen molar-refractivity contribution in [1.82, 2.24) is 10.2 Å². The lowest BCUT2D eigenvalue weighted by Gasteiger charge is -2.27. The van der Waals surface area contributed by atoms with Gasteiger partial charge in [-0.15, -0.1) is 0 Å². The quantitative estimate of drug-likeness (QED) is 0.356. The van der Waals surface area contributed by atoms with Gasteiger partial charge in [-0.05, 0) is 59.7 Å². The molecule has 38 heavy (non-hydrogen) atoms. The van der Waals surface area contributed by atoms with E-state index in [2.05, 4.69) is 10.6 Å². The Kier molecular flexibility index (Phi) is 6.13. The molecule has 2 aliphatic heterocycles. The number of ether oxygens (including phenoxy) is 2. The van der Waals surface area contributed by atoms with E-state index in [1.807, 2.05) is 42.5 Å². The Hall–Kier alpha value is -4.85. The molecule has 190 valence electrons. The average Bonchev–Trinajstić information content (AvgIpc) is 3.51. The normalized spacial score (nSPS) is 15.3. The summed E-state index contributed by atoms with van der Waals surface area (Å²) in [5.41, 5.74) is 4.35. The van der Waals surface area contributed by atoms with Gasteiger partial charge < -0.3 is 25.0 Å². The molecule has 4 aromatic carbocycles. The molecule has 0 spiro atoms. The highest BCUT2D eigenvalue weighted by Gasteiger charge is 2.36. The fourth-order valence-electron chi connectivity index (χ4n) is 4.72. The van der Waals surface area contributed by atoms with Crippen LogP contribution in [0.4, 0.5) is 10.1 Å². The van der Waals surface area contributed by atoms with Crippen molar-refractivity contribution in [2.45, 2.75) is 19.3 Å². The standard InChI is InChI=1S/C30H24FN3O4/c31-22-11-8-19(9-12-22)17-34-28(24-6-1-2-7-25(24)30(34)36)33-23-5-3-4-21(15-23)29(35)32-16-20-10-13-26-27(14-20)38-18-37-26/h1-15,28,33H,16-18H2,(H,32,35). The minimum Gasteiger partial charge on any atom is -0.454 e. The van der Waals surface area contributed by atoms with Crippen LogP contribution in [0.1, 0.15) is 43.6 Å². The van der Waals surface area contributed by atoms with E-state index in [-0.39, 0.29) is 24.4 Å². The lowest BCUT2D eigenvalue weighted by molar-refractivity contribution is 0.0728. The molecule has 0 fully saturated rings. The summed E-state index contributed by atoms with van der Waals surface area (Å²) in [5.74, 6) is 0.698. The van der Waals surface area contributed by atoms with Crippen LogP contribution in [0, 0.1) is 5.82 Å². The van der Waals surface area contributed by atoms with Crippen molar-refractivity contribution in [2.75, 3.05) is 12.1 Å². The second kappa shape index (κ2) is 9.89. The molecule has 0 radical (unpaired) electrons. The maximum Gasteiger partial charge on any atom is 0.256 e. The van der Waals surface area contributed by atoms with Gasteiger partial charge in [-0.2, -0.15) is 0 Å². The van der Waals surface area contributed by atoms with Crippen LogP contribution in [-0.2, 0) is 13.1 Å². The largest absolute Gasteiger partial charge is 0.454 e. The van der Waals surface area contributed by atoms with E-state index in [9.17, 15) is 14.0 Å². The van der Waals surface area contributed by atoms with Gasteiger partial charge in [0.05, 0.1) is 0 Å². The molecule has 2 N–H and O–H groups in total. The van der Waals surface area contributed by atoms with Crippen molar-refractivity contribution < 1.29 is 23.5 Å². The molecule has 0 aromatic heterocycles. The second-order valence-electron chi connectivity index (χ2n) is 9.14. The van der Waals surface area contributed by atoms with Crippen LogP contribution in [0.2, 0.25) is 0 Å². The molecule has 6 rings (SSSR count). The number of halogens is 1. The molecule has 4 aromatic rings. The van der Waals surface area contributed by atoms with Gasteiger partial charge in [-0.1, -0.05) is 42.5 Å². The summed E-state index contributed by atoms with van der Waals surface area (Å²) in [6.45, 7) is 0.841. The topological polar surface area (TPSA) is 79.9 Å². The number of rotatable bonds is 7. The first kappa shape index (κ1) is 23.5. The zero-order chi connectivity index (χ0) is 26.1. The number of fused-ring (bicyclic) bond motifs is 2. The highest BCUT2D eigenvalue weighted by Crippen LogP contribution is 2.36. The Morgan fingerprint density at radius 3 is 2.55 bits per heavy atom. The number of nitrogens with zero attached hydrogens (tertiary/aromatic N) is 1. The predicted octanol–water partition coefficient (Wildman–Crippen LogP) is 5.25. The number of nitrogens with one attached hydrogen (secondary N) is 2. The van der Waals surface area contributed by atoms with Crippen LogP contribution in [0.25, 0.3) is 0 Å². The van der Waals surface area contributed by atoms with Crippen LogP contribution in [0.3, 0.4) is 0 Å². The third kappa shape index (κ3) is 4.64. The summed E-state index contributed by atoms with van der Waals surface area (Å²) in [6.07, 6.45) is -0.448. The van der Waals surface area contributed by atoms with Crippen LogP contribution >= 0.6 is 0 Å². The molecule has 0 saturated carbocycles. The number of benzene rings is 4. The fraction of sp³-hybridized carbons (Fsp3) is 0.133. The Morgan fingerprint density at radius 2 is 1.68 bits per heavy atom. The maximum absolute atomic E-state index is 13.4. The smallest absolute Gasteiger partial charge is 0.256 e. The van der Waals surface area contributed by atoms with Gasteiger partial charge in [0.25, 0.3) is 11.8 Å². The highest BCUT2D eigenvalue weighted by atomic mass is 19.1. The highest BCUT2D eigenvalue weighted by molar-refractivity contribution is 5.99. The number of hydrogen-bond donors (Lipinski definition) is 2. The first-order valence-electron chi connectivity index (χ1n) is 12.2. The molecular formula is C30H24FN3O4. The summed E-state index contributed by atoms with van der Waals surface area (Å²) >= 11 is 0. The van der Waals surface area contributed by atoms with E-state index in [0.29, 0.717) is 41.4 Å². The second-order valence-corrected chi connectivity index (χ2v) is 9.14. The number of anilines is 1. The van der Waals surface area contributed by atoms with Gasteiger partial charge >= 0.3 is 0 Å². The molecule has 7 nitrogen and oxygen atoms in total. The molecule has 1 atom stereocenters. The number of carbonyl (C=O) groups excluding carboxylic acids is 2. The molecular weight excluding hydrogens is 485 g/mol. The maximum atomic E-state index is 13.4. The van der Waals surface area contributed by atoms with Crippen molar-refractivity contribution in [3.8, 4) is 11.5 Å². The Morgan fingerprint density at radius 1 is 0.895 bits per heavy atom. The SMILES string of the molecule is O=C(NCc1ccc2c(c1)OCO2)c1cccc(NC2c3ccccc3C(=O)N2Cc2ccc(F)cc2)c1. The van der Waals surface area contributed by atoms with Crippen molar-refractivity contribution >= 4 is 17.5 Å². The lowest BCUT2D eigenvalue weighted by atomic mass is 10.1. The summed E-state index contributed by atoms with van der Waals surface area (Å²) in [7, 11) is 0. The van der Waals surface area contributed by atoms with E-state index in [1.54, 1.807) is 41.3 Å². The van der Waals surface area contributed by atoms with E-state index in [4.69, 9.17) is 9.47 Å². The Bertz CT molecular complexity index is 1520. The third-order valence-electron chi connectivity index (χ3n) is 6.64.